The van der Waals surface area contributed by atoms with E-state index in [1.54, 1.807) is 11.0 Å². The Kier molecular flexibility index (Phi) is 4.31. The Labute approximate surface area is 117 Å². The Morgan fingerprint density at radius 2 is 2.35 bits per heavy atom. The highest BCUT2D eigenvalue weighted by Crippen LogP contribution is 2.19. The van der Waals surface area contributed by atoms with Gasteiger partial charge in [-0.1, -0.05) is 0 Å². The van der Waals surface area contributed by atoms with Crippen molar-refractivity contribution in [3.05, 3.63) is 29.6 Å². The number of ether oxygens (including phenoxy) is 1. The van der Waals surface area contributed by atoms with Gasteiger partial charge in [0.2, 0.25) is 0 Å². The van der Waals surface area contributed by atoms with Gasteiger partial charge in [0.1, 0.15) is 11.8 Å². The van der Waals surface area contributed by atoms with Crippen LogP contribution in [0.25, 0.3) is 0 Å². The fraction of sp³-hybridized carbons (Fsp3) is 0.429. The molecule has 1 saturated heterocycles. The molecule has 104 valence electrons. The van der Waals surface area contributed by atoms with Crippen LogP contribution in [0, 0.1) is 17.2 Å². The minimum atomic E-state index is -0.282. The molecule has 1 unspecified atom stereocenters. The molecule has 1 amide bonds. The van der Waals surface area contributed by atoms with Crippen molar-refractivity contribution in [1.29, 1.82) is 5.26 Å². The molecule has 0 bridgehead atoms. The van der Waals surface area contributed by atoms with Crippen LogP contribution in [0.3, 0.4) is 0 Å². The molecule has 0 saturated carbocycles. The van der Waals surface area contributed by atoms with E-state index >= 15 is 0 Å². The average Bonchev–Trinajstić information content (AvgIpc) is 2.53. The van der Waals surface area contributed by atoms with Crippen LogP contribution in [-0.2, 0) is 9.53 Å². The van der Waals surface area contributed by atoms with Crippen LogP contribution < -0.4 is 0 Å². The molecular formula is C14H15N3O3. The third-order valence-electron chi connectivity index (χ3n) is 3.36. The second-order valence-electron chi connectivity index (χ2n) is 4.66. The number of pyridine rings is 1. The zero-order valence-corrected chi connectivity index (χ0v) is 11.2. The molecule has 1 fully saturated rings. The summed E-state index contributed by atoms with van der Waals surface area (Å²) in [5, 5.41) is 8.80. The van der Waals surface area contributed by atoms with Gasteiger partial charge >= 0.3 is 5.97 Å². The van der Waals surface area contributed by atoms with Crippen molar-refractivity contribution in [1.82, 2.24) is 9.88 Å². The predicted octanol–water partition coefficient (Wildman–Crippen LogP) is 0.978. The Morgan fingerprint density at radius 3 is 3.05 bits per heavy atom. The number of amides is 1. The molecule has 2 heterocycles. The lowest BCUT2D eigenvalue weighted by molar-refractivity contribution is -0.146. The number of likely N-dealkylation sites (tertiary alicyclic amines) is 1. The van der Waals surface area contributed by atoms with E-state index in [4.69, 9.17) is 10.00 Å². The second-order valence-corrected chi connectivity index (χ2v) is 4.66. The summed E-state index contributed by atoms with van der Waals surface area (Å²) in [5.74, 6) is -0.734. The van der Waals surface area contributed by atoms with E-state index in [9.17, 15) is 9.59 Å². The van der Waals surface area contributed by atoms with Crippen molar-refractivity contribution in [3.8, 4) is 6.07 Å². The number of nitriles is 1. The van der Waals surface area contributed by atoms with E-state index in [0.717, 1.165) is 12.8 Å². The predicted molar refractivity (Wildman–Crippen MR) is 69.6 cm³/mol. The van der Waals surface area contributed by atoms with Gasteiger partial charge in [-0.25, -0.2) is 4.98 Å². The summed E-state index contributed by atoms with van der Waals surface area (Å²) in [6.45, 7) is 0.965. The third-order valence-corrected chi connectivity index (χ3v) is 3.36. The molecule has 0 spiro atoms. The second kappa shape index (κ2) is 6.15. The molecule has 1 aliphatic rings. The smallest absolute Gasteiger partial charge is 0.310 e. The molecule has 2 rings (SSSR count). The molecule has 6 heteroatoms. The summed E-state index contributed by atoms with van der Waals surface area (Å²) in [4.78, 5) is 29.4. The summed E-state index contributed by atoms with van der Waals surface area (Å²) < 4.78 is 4.73. The van der Waals surface area contributed by atoms with Crippen LogP contribution in [0.5, 0.6) is 0 Å². The van der Waals surface area contributed by atoms with E-state index in [1.165, 1.54) is 19.4 Å². The molecular weight excluding hydrogens is 258 g/mol. The highest BCUT2D eigenvalue weighted by molar-refractivity contribution is 5.94. The van der Waals surface area contributed by atoms with E-state index in [2.05, 4.69) is 4.98 Å². The standard InChI is InChI=1S/C14H15N3O3/c1-20-14(19)11-3-2-6-17(9-11)13(18)10-4-5-16-12(7-10)8-15/h4-5,7,11H,2-3,6,9H2,1H3. The van der Waals surface area contributed by atoms with Crippen molar-refractivity contribution in [2.75, 3.05) is 20.2 Å². The fourth-order valence-electron chi connectivity index (χ4n) is 2.33. The van der Waals surface area contributed by atoms with Gasteiger partial charge in [-0.15, -0.1) is 0 Å². The number of nitrogens with zero attached hydrogens (tertiary/aromatic N) is 3. The van der Waals surface area contributed by atoms with E-state index < -0.39 is 0 Å². The minimum Gasteiger partial charge on any atom is -0.469 e. The molecule has 6 nitrogen and oxygen atoms in total. The van der Waals surface area contributed by atoms with Crippen LogP contribution in [0.4, 0.5) is 0 Å². The summed E-state index contributed by atoms with van der Waals surface area (Å²) in [7, 11) is 1.35. The number of aromatic nitrogens is 1. The lowest BCUT2D eigenvalue weighted by atomic mass is 9.97. The van der Waals surface area contributed by atoms with Crippen molar-refractivity contribution < 1.29 is 14.3 Å². The van der Waals surface area contributed by atoms with Gasteiger partial charge in [-0.2, -0.15) is 5.26 Å². The number of hydrogen-bond acceptors (Lipinski definition) is 5. The van der Waals surface area contributed by atoms with Crippen molar-refractivity contribution in [2.45, 2.75) is 12.8 Å². The average molecular weight is 273 g/mol. The molecule has 0 aromatic carbocycles. The van der Waals surface area contributed by atoms with Crippen molar-refractivity contribution >= 4 is 11.9 Å². The molecule has 0 N–H and O–H groups in total. The first kappa shape index (κ1) is 14.0. The maximum atomic E-state index is 12.4. The third kappa shape index (κ3) is 2.94. The van der Waals surface area contributed by atoms with Gasteiger partial charge in [0, 0.05) is 24.8 Å². The quantitative estimate of drug-likeness (QED) is 0.750. The zero-order valence-electron chi connectivity index (χ0n) is 11.2. The maximum absolute atomic E-state index is 12.4. The number of carbonyl (C=O) groups is 2. The lowest BCUT2D eigenvalue weighted by Crippen LogP contribution is -2.42. The van der Waals surface area contributed by atoms with Gasteiger partial charge in [-0.3, -0.25) is 9.59 Å². The molecule has 1 aliphatic heterocycles. The van der Waals surface area contributed by atoms with Crippen LogP contribution in [-0.4, -0.2) is 42.0 Å². The Hall–Kier alpha value is -2.42. The molecule has 0 radical (unpaired) electrons. The summed E-state index contributed by atoms with van der Waals surface area (Å²) >= 11 is 0. The number of methoxy groups -OCH3 is 1. The molecule has 1 aromatic rings. The minimum absolute atomic E-state index is 0.183. The van der Waals surface area contributed by atoms with Crippen LogP contribution in [0.15, 0.2) is 18.3 Å². The number of hydrogen-bond donors (Lipinski definition) is 0. The van der Waals surface area contributed by atoms with Gasteiger partial charge in [0.05, 0.1) is 13.0 Å². The number of rotatable bonds is 2. The Morgan fingerprint density at radius 1 is 1.55 bits per heavy atom. The van der Waals surface area contributed by atoms with Crippen molar-refractivity contribution in [3.63, 3.8) is 0 Å². The van der Waals surface area contributed by atoms with Crippen LogP contribution in [0.1, 0.15) is 28.9 Å². The largest absolute Gasteiger partial charge is 0.469 e. The maximum Gasteiger partial charge on any atom is 0.310 e. The first-order valence-electron chi connectivity index (χ1n) is 6.39. The highest BCUT2D eigenvalue weighted by atomic mass is 16.5. The van der Waals surface area contributed by atoms with Gasteiger partial charge in [0.25, 0.3) is 5.91 Å². The van der Waals surface area contributed by atoms with Gasteiger partial charge in [0.15, 0.2) is 0 Å². The molecule has 1 aromatic heterocycles. The van der Waals surface area contributed by atoms with E-state index in [1.807, 2.05) is 6.07 Å². The Bertz CT molecular complexity index is 565. The van der Waals surface area contributed by atoms with Gasteiger partial charge in [-0.05, 0) is 25.0 Å². The Balaban J connectivity index is 2.12. The van der Waals surface area contributed by atoms with Gasteiger partial charge < -0.3 is 9.64 Å². The highest BCUT2D eigenvalue weighted by Gasteiger charge is 2.29. The molecule has 20 heavy (non-hydrogen) atoms. The van der Waals surface area contributed by atoms with Crippen LogP contribution in [0.2, 0.25) is 0 Å². The zero-order chi connectivity index (χ0) is 14.5. The summed E-state index contributed by atoms with van der Waals surface area (Å²) in [5.41, 5.74) is 0.624. The SMILES string of the molecule is COC(=O)C1CCCN(C(=O)c2ccnc(C#N)c2)C1. The lowest BCUT2D eigenvalue weighted by Gasteiger charge is -2.31. The first-order valence-corrected chi connectivity index (χ1v) is 6.39. The number of piperidine rings is 1. The summed E-state index contributed by atoms with van der Waals surface area (Å²) in [6, 6.07) is 4.94. The molecule has 1 atom stereocenters. The first-order chi connectivity index (χ1) is 9.65. The normalized spacial score (nSPS) is 18.2. The van der Waals surface area contributed by atoms with E-state index in [0.29, 0.717) is 18.7 Å². The summed E-state index contributed by atoms with van der Waals surface area (Å²) in [6.07, 6.45) is 2.94. The number of carbonyl (C=O) groups excluding carboxylic acids is 2. The monoisotopic (exact) mass is 273 g/mol. The number of esters is 1. The van der Waals surface area contributed by atoms with Crippen LogP contribution >= 0.6 is 0 Å². The fourth-order valence-corrected chi connectivity index (χ4v) is 2.33. The van der Waals surface area contributed by atoms with E-state index in [-0.39, 0.29) is 23.5 Å². The topological polar surface area (TPSA) is 83.3 Å². The molecule has 0 aliphatic carbocycles. The van der Waals surface area contributed by atoms with Crippen molar-refractivity contribution in [2.24, 2.45) is 5.92 Å².